The summed E-state index contributed by atoms with van der Waals surface area (Å²) in [6.07, 6.45) is 2.07. The first-order valence-electron chi connectivity index (χ1n) is 7.56. The summed E-state index contributed by atoms with van der Waals surface area (Å²) in [4.78, 5) is 14.3. The summed E-state index contributed by atoms with van der Waals surface area (Å²) in [7, 11) is 0. The van der Waals surface area contributed by atoms with Crippen molar-refractivity contribution >= 4 is 5.91 Å². The summed E-state index contributed by atoms with van der Waals surface area (Å²) < 4.78 is 0. The van der Waals surface area contributed by atoms with E-state index in [4.69, 9.17) is 0 Å². The highest BCUT2D eigenvalue weighted by Gasteiger charge is 2.43. The van der Waals surface area contributed by atoms with Gasteiger partial charge in [0.25, 0.3) is 0 Å². The van der Waals surface area contributed by atoms with Gasteiger partial charge in [0.15, 0.2) is 0 Å². The van der Waals surface area contributed by atoms with Gasteiger partial charge in [-0.25, -0.2) is 0 Å². The van der Waals surface area contributed by atoms with E-state index < -0.39 is 5.54 Å². The van der Waals surface area contributed by atoms with Crippen LogP contribution in [0.25, 0.3) is 0 Å². The number of nitrogens with zero attached hydrogens (tertiary/aromatic N) is 2. The Kier molecular flexibility index (Phi) is 4.98. The molecule has 1 aliphatic rings. The van der Waals surface area contributed by atoms with E-state index >= 15 is 0 Å². The summed E-state index contributed by atoms with van der Waals surface area (Å²) in [5.41, 5.74) is 0.487. The third kappa shape index (κ3) is 4.30. The fraction of sp³-hybridized carbons (Fsp3) is 0.529. The number of hydrogen-bond donors (Lipinski definition) is 1. The zero-order chi connectivity index (χ0) is 15.3. The van der Waals surface area contributed by atoms with Gasteiger partial charge in [-0.2, -0.15) is 5.26 Å². The van der Waals surface area contributed by atoms with Gasteiger partial charge in [0.2, 0.25) is 5.91 Å². The molecule has 0 aliphatic heterocycles. The zero-order valence-electron chi connectivity index (χ0n) is 12.8. The molecule has 1 saturated carbocycles. The maximum absolute atomic E-state index is 12.2. The predicted octanol–water partition coefficient (Wildman–Crippen LogP) is 2.32. The van der Waals surface area contributed by atoms with E-state index in [1.807, 2.05) is 32.0 Å². The average molecular weight is 285 g/mol. The summed E-state index contributed by atoms with van der Waals surface area (Å²) in [6, 6.07) is 12.4. The molecule has 1 aromatic carbocycles. The molecule has 4 heteroatoms. The second-order valence-electron chi connectivity index (χ2n) is 5.93. The fourth-order valence-corrected chi connectivity index (χ4v) is 2.54. The molecule has 4 nitrogen and oxygen atoms in total. The maximum atomic E-state index is 12.2. The largest absolute Gasteiger partial charge is 0.337 e. The number of nitriles is 1. The van der Waals surface area contributed by atoms with Crippen LogP contribution in [0.4, 0.5) is 0 Å². The van der Waals surface area contributed by atoms with Crippen LogP contribution in [0.15, 0.2) is 30.3 Å². The third-order valence-corrected chi connectivity index (χ3v) is 4.09. The first kappa shape index (κ1) is 15.5. The number of rotatable bonds is 7. The average Bonchev–Trinajstić information content (AvgIpc) is 3.32. The van der Waals surface area contributed by atoms with E-state index in [1.54, 1.807) is 0 Å². The van der Waals surface area contributed by atoms with Gasteiger partial charge in [0.05, 0.1) is 12.6 Å². The standard InChI is InChI=1S/C17H23N3O/c1-3-20(11-14-7-5-4-6-8-14)12-16(21)19-17(2,13-18)15-9-10-15/h4-8,15H,3,9-12H2,1-2H3,(H,19,21)/t17-/m1/s1. The molecule has 1 amide bonds. The SMILES string of the molecule is CCN(CC(=O)N[C@](C)(C#N)C1CC1)Cc1ccccc1. The van der Waals surface area contributed by atoms with E-state index in [-0.39, 0.29) is 5.91 Å². The molecular formula is C17H23N3O. The highest BCUT2D eigenvalue weighted by atomic mass is 16.2. The summed E-state index contributed by atoms with van der Waals surface area (Å²) in [6.45, 7) is 5.75. The minimum Gasteiger partial charge on any atom is -0.337 e. The highest BCUT2D eigenvalue weighted by Crippen LogP contribution is 2.39. The van der Waals surface area contributed by atoms with Crippen molar-refractivity contribution in [3.05, 3.63) is 35.9 Å². The second-order valence-corrected chi connectivity index (χ2v) is 5.93. The van der Waals surface area contributed by atoms with Crippen LogP contribution in [0.1, 0.15) is 32.3 Å². The molecule has 0 unspecified atom stereocenters. The minimum atomic E-state index is -0.705. The number of carbonyl (C=O) groups is 1. The summed E-state index contributed by atoms with van der Waals surface area (Å²) >= 11 is 0. The van der Waals surface area contributed by atoms with Gasteiger partial charge >= 0.3 is 0 Å². The Morgan fingerprint density at radius 3 is 2.62 bits per heavy atom. The van der Waals surface area contributed by atoms with Crippen molar-refractivity contribution in [2.24, 2.45) is 5.92 Å². The number of carbonyl (C=O) groups excluding carboxylic acids is 1. The predicted molar refractivity (Wildman–Crippen MR) is 82.3 cm³/mol. The molecule has 0 aromatic heterocycles. The van der Waals surface area contributed by atoms with E-state index in [2.05, 4.69) is 28.4 Å². The molecule has 1 N–H and O–H groups in total. The molecule has 2 rings (SSSR count). The Morgan fingerprint density at radius 2 is 2.10 bits per heavy atom. The zero-order valence-corrected chi connectivity index (χ0v) is 12.8. The topological polar surface area (TPSA) is 56.1 Å². The quantitative estimate of drug-likeness (QED) is 0.836. The van der Waals surface area contributed by atoms with Gasteiger partial charge in [-0.3, -0.25) is 9.69 Å². The van der Waals surface area contributed by atoms with Crippen LogP contribution in [0, 0.1) is 17.2 Å². The number of amides is 1. The van der Waals surface area contributed by atoms with E-state index in [1.165, 1.54) is 5.56 Å². The van der Waals surface area contributed by atoms with Crippen LogP contribution < -0.4 is 5.32 Å². The normalized spacial score (nSPS) is 17.0. The first-order chi connectivity index (χ1) is 10.1. The second kappa shape index (κ2) is 6.73. The first-order valence-corrected chi connectivity index (χ1v) is 7.56. The van der Waals surface area contributed by atoms with Gasteiger partial charge in [-0.05, 0) is 37.8 Å². The minimum absolute atomic E-state index is 0.0660. The number of likely N-dealkylation sites (N-methyl/N-ethyl adjacent to an activating group) is 1. The smallest absolute Gasteiger partial charge is 0.235 e. The molecular weight excluding hydrogens is 262 g/mol. The van der Waals surface area contributed by atoms with Crippen molar-refractivity contribution in [3.63, 3.8) is 0 Å². The van der Waals surface area contributed by atoms with Crippen LogP contribution in [0.5, 0.6) is 0 Å². The lowest BCUT2D eigenvalue weighted by Gasteiger charge is -2.26. The molecule has 0 spiro atoms. The van der Waals surface area contributed by atoms with Crippen molar-refractivity contribution in [1.82, 2.24) is 10.2 Å². The van der Waals surface area contributed by atoms with Crippen molar-refractivity contribution in [1.29, 1.82) is 5.26 Å². The Balaban J connectivity index is 1.89. The van der Waals surface area contributed by atoms with Crippen molar-refractivity contribution < 1.29 is 4.79 Å². The molecule has 1 aromatic rings. The molecule has 0 bridgehead atoms. The molecule has 112 valence electrons. The summed E-state index contributed by atoms with van der Waals surface area (Å²) in [5.74, 6) is 0.249. The van der Waals surface area contributed by atoms with Crippen LogP contribution in [0.3, 0.4) is 0 Å². The van der Waals surface area contributed by atoms with Gasteiger partial charge in [-0.1, -0.05) is 37.3 Å². The molecule has 21 heavy (non-hydrogen) atoms. The Labute approximate surface area is 126 Å². The monoisotopic (exact) mass is 285 g/mol. The van der Waals surface area contributed by atoms with Crippen LogP contribution in [0.2, 0.25) is 0 Å². The molecule has 0 heterocycles. The van der Waals surface area contributed by atoms with Crippen LogP contribution in [-0.2, 0) is 11.3 Å². The van der Waals surface area contributed by atoms with Crippen LogP contribution >= 0.6 is 0 Å². The highest BCUT2D eigenvalue weighted by molar-refractivity contribution is 5.79. The molecule has 1 aliphatic carbocycles. The number of hydrogen-bond acceptors (Lipinski definition) is 3. The van der Waals surface area contributed by atoms with Gasteiger partial charge in [-0.15, -0.1) is 0 Å². The molecule has 0 saturated heterocycles. The Hall–Kier alpha value is -1.86. The van der Waals surface area contributed by atoms with Crippen LogP contribution in [-0.4, -0.2) is 29.4 Å². The molecule has 1 fully saturated rings. The lowest BCUT2D eigenvalue weighted by Crippen LogP contribution is -2.50. The van der Waals surface area contributed by atoms with Gasteiger partial charge < -0.3 is 5.32 Å². The summed E-state index contributed by atoms with van der Waals surface area (Å²) in [5, 5.41) is 12.2. The molecule has 1 atom stereocenters. The van der Waals surface area contributed by atoms with E-state index in [9.17, 15) is 10.1 Å². The Morgan fingerprint density at radius 1 is 1.43 bits per heavy atom. The third-order valence-electron chi connectivity index (χ3n) is 4.09. The maximum Gasteiger partial charge on any atom is 0.235 e. The fourth-order valence-electron chi connectivity index (χ4n) is 2.54. The van der Waals surface area contributed by atoms with Crippen molar-refractivity contribution in [2.45, 2.75) is 38.8 Å². The lowest BCUT2D eigenvalue weighted by molar-refractivity contribution is -0.123. The van der Waals surface area contributed by atoms with E-state index in [0.717, 1.165) is 25.9 Å². The van der Waals surface area contributed by atoms with E-state index in [0.29, 0.717) is 12.5 Å². The number of nitrogens with one attached hydrogen (secondary N) is 1. The molecule has 0 radical (unpaired) electrons. The van der Waals surface area contributed by atoms with Crippen molar-refractivity contribution in [3.8, 4) is 6.07 Å². The Bertz CT molecular complexity index is 519. The van der Waals surface area contributed by atoms with Crippen molar-refractivity contribution in [2.75, 3.05) is 13.1 Å². The van der Waals surface area contributed by atoms with Gasteiger partial charge in [0, 0.05) is 6.54 Å². The lowest BCUT2D eigenvalue weighted by atomic mass is 9.98. The number of benzene rings is 1. The van der Waals surface area contributed by atoms with Gasteiger partial charge in [0.1, 0.15) is 5.54 Å².